The van der Waals surface area contributed by atoms with Crippen LogP contribution in [0.15, 0.2) is 53.4 Å². The molecule has 0 fully saturated rings. The van der Waals surface area contributed by atoms with E-state index in [0.717, 1.165) is 19.1 Å². The fourth-order valence-electron chi connectivity index (χ4n) is 2.31. The van der Waals surface area contributed by atoms with Crippen LogP contribution in [0.3, 0.4) is 0 Å². The van der Waals surface area contributed by atoms with Crippen LogP contribution in [-0.2, 0) is 20.4 Å². The number of hydrogen-bond acceptors (Lipinski definition) is 6. The number of sulfonamides is 1. The first-order chi connectivity index (χ1) is 12.1. The molecule has 2 aromatic carbocycles. The number of nitrogens with one attached hydrogen (secondary N) is 1. The molecule has 26 heavy (non-hydrogen) atoms. The average molecular weight is 380 g/mol. The smallest absolute Gasteiger partial charge is 0.329 e. The van der Waals surface area contributed by atoms with Crippen molar-refractivity contribution in [3.05, 3.63) is 64.2 Å². The maximum atomic E-state index is 12.7. The van der Waals surface area contributed by atoms with E-state index in [1.807, 2.05) is 0 Å². The summed E-state index contributed by atoms with van der Waals surface area (Å²) in [6, 6.07) is 10.5. The summed E-state index contributed by atoms with van der Waals surface area (Å²) < 4.78 is 32.4. The van der Waals surface area contributed by atoms with Gasteiger partial charge in [0.15, 0.2) is 10.4 Å². The molecule has 0 bridgehead atoms. The van der Waals surface area contributed by atoms with E-state index in [0.29, 0.717) is 5.75 Å². The summed E-state index contributed by atoms with van der Waals surface area (Å²) in [6.45, 7) is 1.16. The second-order valence-electron chi connectivity index (χ2n) is 5.49. The van der Waals surface area contributed by atoms with Gasteiger partial charge < -0.3 is 9.84 Å². The Balaban J connectivity index is 2.52. The molecule has 0 aromatic heterocycles. The van der Waals surface area contributed by atoms with Crippen LogP contribution in [0, 0.1) is 10.1 Å². The first kappa shape index (κ1) is 19.3. The van der Waals surface area contributed by atoms with Crippen molar-refractivity contribution in [3.63, 3.8) is 0 Å². The highest BCUT2D eigenvalue weighted by Crippen LogP contribution is 2.29. The van der Waals surface area contributed by atoms with Crippen LogP contribution in [0.25, 0.3) is 0 Å². The van der Waals surface area contributed by atoms with Crippen LogP contribution in [0.1, 0.15) is 12.5 Å². The number of nitro groups is 1. The zero-order valence-corrected chi connectivity index (χ0v) is 14.7. The van der Waals surface area contributed by atoms with Gasteiger partial charge in [-0.25, -0.2) is 13.2 Å². The van der Waals surface area contributed by atoms with E-state index < -0.39 is 37.0 Å². The summed E-state index contributed by atoms with van der Waals surface area (Å²) in [5.74, 6) is -1.01. The third-order valence-corrected chi connectivity index (χ3v) is 5.39. The van der Waals surface area contributed by atoms with Gasteiger partial charge in [-0.1, -0.05) is 24.3 Å². The number of aliphatic carboxylic acids is 1. The molecule has 0 spiro atoms. The lowest BCUT2D eigenvalue weighted by atomic mass is 9.93. The number of carboxylic acids is 1. The van der Waals surface area contributed by atoms with Crippen LogP contribution in [0.4, 0.5) is 5.69 Å². The fourth-order valence-corrected chi connectivity index (χ4v) is 3.84. The molecular formula is C16H16N2O7S. The molecule has 1 atom stereocenters. The van der Waals surface area contributed by atoms with Crippen molar-refractivity contribution >= 4 is 21.7 Å². The van der Waals surface area contributed by atoms with Crippen molar-refractivity contribution in [2.24, 2.45) is 0 Å². The number of carboxylic acid groups (broad SMARTS) is 1. The zero-order valence-electron chi connectivity index (χ0n) is 13.9. The lowest BCUT2D eigenvalue weighted by molar-refractivity contribution is -0.387. The van der Waals surface area contributed by atoms with Gasteiger partial charge in [-0.3, -0.25) is 10.1 Å². The second kappa shape index (κ2) is 7.10. The van der Waals surface area contributed by atoms with E-state index >= 15 is 0 Å². The number of carbonyl (C=O) groups is 1. The molecule has 0 aliphatic heterocycles. The highest BCUT2D eigenvalue weighted by atomic mass is 32.2. The number of para-hydroxylation sites is 1. The molecule has 0 radical (unpaired) electrons. The Kier molecular flexibility index (Phi) is 5.28. The minimum absolute atomic E-state index is 0.132. The van der Waals surface area contributed by atoms with E-state index in [2.05, 4.69) is 4.72 Å². The Labute approximate surface area is 149 Å². The summed E-state index contributed by atoms with van der Waals surface area (Å²) in [5.41, 5.74) is -2.56. The molecular weight excluding hydrogens is 364 g/mol. The molecule has 2 rings (SSSR count). The van der Waals surface area contributed by atoms with Crippen LogP contribution in [0.2, 0.25) is 0 Å². The maximum absolute atomic E-state index is 12.7. The summed E-state index contributed by atoms with van der Waals surface area (Å²) in [7, 11) is -3.07. The first-order valence-electron chi connectivity index (χ1n) is 7.27. The van der Waals surface area contributed by atoms with Crippen LogP contribution in [-0.4, -0.2) is 31.5 Å². The number of nitro benzene ring substituents is 1. The number of rotatable bonds is 7. The largest absolute Gasteiger partial charge is 0.497 e. The highest BCUT2D eigenvalue weighted by molar-refractivity contribution is 7.89. The van der Waals surface area contributed by atoms with Crippen molar-refractivity contribution < 1.29 is 28.0 Å². The third-order valence-electron chi connectivity index (χ3n) is 3.79. The lowest BCUT2D eigenvalue weighted by Crippen LogP contribution is -2.49. The van der Waals surface area contributed by atoms with Crippen LogP contribution in [0.5, 0.6) is 5.75 Å². The first-order valence-corrected chi connectivity index (χ1v) is 8.75. The average Bonchev–Trinajstić information content (AvgIpc) is 2.61. The summed E-state index contributed by atoms with van der Waals surface area (Å²) in [4.78, 5) is 21.4. The number of hydrogen-bond donors (Lipinski definition) is 2. The van der Waals surface area contributed by atoms with Crippen LogP contribution >= 0.6 is 0 Å². The quantitative estimate of drug-likeness (QED) is 0.553. The lowest BCUT2D eigenvalue weighted by Gasteiger charge is -2.26. The summed E-state index contributed by atoms with van der Waals surface area (Å²) in [6.07, 6.45) is 0. The molecule has 0 saturated carbocycles. The third kappa shape index (κ3) is 3.65. The molecule has 10 heteroatoms. The molecule has 138 valence electrons. The molecule has 9 nitrogen and oxygen atoms in total. The Morgan fingerprint density at radius 3 is 2.27 bits per heavy atom. The zero-order chi connectivity index (χ0) is 19.5. The molecule has 0 amide bonds. The molecule has 0 aliphatic rings. The predicted octanol–water partition coefficient (Wildman–Crippen LogP) is 1.88. The summed E-state index contributed by atoms with van der Waals surface area (Å²) >= 11 is 0. The van der Waals surface area contributed by atoms with E-state index in [4.69, 9.17) is 4.74 Å². The number of benzene rings is 2. The SMILES string of the molecule is COc1ccc(C(C)(NS(=O)(=O)c2ccccc2[N+](=O)[O-])C(=O)O)cc1. The van der Waals surface area contributed by atoms with E-state index in [9.17, 15) is 28.4 Å². The molecule has 0 aliphatic carbocycles. The minimum Gasteiger partial charge on any atom is -0.497 e. The Bertz CT molecular complexity index is 941. The minimum atomic E-state index is -4.51. The molecule has 0 saturated heterocycles. The van der Waals surface area contributed by atoms with Crippen LogP contribution < -0.4 is 9.46 Å². The van der Waals surface area contributed by atoms with Gasteiger partial charge in [0.05, 0.1) is 12.0 Å². The van der Waals surface area contributed by atoms with Crippen molar-refractivity contribution in [1.82, 2.24) is 4.72 Å². The highest BCUT2D eigenvalue weighted by Gasteiger charge is 2.41. The fraction of sp³-hybridized carbons (Fsp3) is 0.188. The van der Waals surface area contributed by atoms with Gasteiger partial charge in [-0.2, -0.15) is 4.72 Å². The van der Waals surface area contributed by atoms with Crippen molar-refractivity contribution in [3.8, 4) is 5.75 Å². The van der Waals surface area contributed by atoms with Gasteiger partial charge in [0.1, 0.15) is 5.75 Å². The number of nitrogens with zero attached hydrogens (tertiary/aromatic N) is 1. The van der Waals surface area contributed by atoms with Gasteiger partial charge in [-0.15, -0.1) is 0 Å². The Morgan fingerprint density at radius 1 is 1.19 bits per heavy atom. The Morgan fingerprint density at radius 2 is 1.77 bits per heavy atom. The molecule has 0 heterocycles. The van der Waals surface area contributed by atoms with E-state index in [1.165, 1.54) is 43.5 Å². The standard InChI is InChI=1S/C16H16N2O7S/c1-16(15(19)20,11-7-9-12(25-2)10-8-11)17-26(23,24)14-6-4-3-5-13(14)18(21)22/h3-10,17H,1-2H3,(H,19,20). The molecule has 1 unspecified atom stereocenters. The van der Waals surface area contributed by atoms with Gasteiger partial charge >= 0.3 is 5.97 Å². The monoisotopic (exact) mass is 380 g/mol. The van der Waals surface area contributed by atoms with Crippen molar-refractivity contribution in [2.45, 2.75) is 17.4 Å². The molecule has 2 aromatic rings. The normalized spacial score (nSPS) is 13.6. The van der Waals surface area contributed by atoms with E-state index in [-0.39, 0.29) is 5.56 Å². The van der Waals surface area contributed by atoms with Crippen molar-refractivity contribution in [2.75, 3.05) is 7.11 Å². The second-order valence-corrected chi connectivity index (χ2v) is 7.14. The number of ether oxygens (including phenoxy) is 1. The molecule has 2 N–H and O–H groups in total. The Hall–Kier alpha value is -2.98. The van der Waals surface area contributed by atoms with E-state index in [1.54, 1.807) is 0 Å². The maximum Gasteiger partial charge on any atom is 0.329 e. The van der Waals surface area contributed by atoms with Gasteiger partial charge in [-0.05, 0) is 30.7 Å². The summed E-state index contributed by atoms with van der Waals surface area (Å²) in [5, 5.41) is 20.7. The van der Waals surface area contributed by atoms with Gasteiger partial charge in [0.25, 0.3) is 5.69 Å². The van der Waals surface area contributed by atoms with Gasteiger partial charge in [0, 0.05) is 6.07 Å². The number of methoxy groups -OCH3 is 1. The predicted molar refractivity (Wildman–Crippen MR) is 91.4 cm³/mol. The van der Waals surface area contributed by atoms with Crippen molar-refractivity contribution in [1.29, 1.82) is 0 Å². The topological polar surface area (TPSA) is 136 Å². The van der Waals surface area contributed by atoms with Gasteiger partial charge in [0.2, 0.25) is 10.0 Å².